The van der Waals surface area contributed by atoms with Crippen LogP contribution in [0.25, 0.3) is 5.69 Å². The number of hydrogen-bond acceptors (Lipinski definition) is 4. The smallest absolute Gasteiger partial charge is 0.262 e. The van der Waals surface area contributed by atoms with Gasteiger partial charge in [0.15, 0.2) is 6.61 Å². The van der Waals surface area contributed by atoms with Crippen LogP contribution < -0.4 is 10.1 Å². The minimum absolute atomic E-state index is 0.0774. The number of carbonyl (C=O) groups is 1. The number of aromatic nitrogens is 3. The highest BCUT2D eigenvalue weighted by Gasteiger charge is 2.11. The van der Waals surface area contributed by atoms with E-state index >= 15 is 0 Å². The van der Waals surface area contributed by atoms with E-state index < -0.39 is 0 Å². The molecule has 0 radical (unpaired) electrons. The van der Waals surface area contributed by atoms with Crippen molar-refractivity contribution in [3.8, 4) is 11.4 Å². The van der Waals surface area contributed by atoms with Gasteiger partial charge < -0.3 is 10.1 Å². The normalized spacial score (nSPS) is 10.5. The van der Waals surface area contributed by atoms with Crippen LogP contribution in [0.3, 0.4) is 0 Å². The summed E-state index contributed by atoms with van der Waals surface area (Å²) in [6.45, 7) is 5.85. The van der Waals surface area contributed by atoms with E-state index in [4.69, 9.17) is 4.74 Å². The predicted octanol–water partition coefficient (Wildman–Crippen LogP) is 3.21. The second-order valence-electron chi connectivity index (χ2n) is 5.94. The zero-order valence-electron chi connectivity index (χ0n) is 14.5. The molecule has 2 aromatic carbocycles. The molecular formula is C19H20N4O2. The lowest BCUT2D eigenvalue weighted by Gasteiger charge is -2.14. The molecule has 6 nitrogen and oxygen atoms in total. The summed E-state index contributed by atoms with van der Waals surface area (Å²) in [5.41, 5.74) is 4.75. The quantitative estimate of drug-likeness (QED) is 0.777. The third kappa shape index (κ3) is 3.85. The molecule has 0 bridgehead atoms. The molecule has 0 aliphatic carbocycles. The van der Waals surface area contributed by atoms with E-state index in [1.54, 1.807) is 17.2 Å². The van der Waals surface area contributed by atoms with Crippen LogP contribution in [-0.4, -0.2) is 27.3 Å². The average Bonchev–Trinajstić information content (AvgIpc) is 3.11. The van der Waals surface area contributed by atoms with Crippen molar-refractivity contribution in [3.63, 3.8) is 0 Å². The second-order valence-corrected chi connectivity index (χ2v) is 5.94. The first-order chi connectivity index (χ1) is 12.0. The summed E-state index contributed by atoms with van der Waals surface area (Å²) in [5.74, 6) is 0.398. The molecule has 1 amide bonds. The number of ether oxygens (including phenoxy) is 1. The fourth-order valence-corrected chi connectivity index (χ4v) is 2.61. The highest BCUT2D eigenvalue weighted by Crippen LogP contribution is 2.24. The molecule has 0 atom stereocenters. The van der Waals surface area contributed by atoms with Gasteiger partial charge in [0, 0.05) is 5.69 Å². The number of nitrogens with zero attached hydrogens (tertiary/aromatic N) is 3. The molecule has 3 rings (SSSR count). The Bertz CT molecular complexity index is 868. The molecule has 6 heteroatoms. The second kappa shape index (κ2) is 7.17. The van der Waals surface area contributed by atoms with Gasteiger partial charge in [-0.1, -0.05) is 24.3 Å². The molecule has 0 aliphatic rings. The Morgan fingerprint density at radius 1 is 1.08 bits per heavy atom. The predicted molar refractivity (Wildman–Crippen MR) is 96.1 cm³/mol. The lowest BCUT2D eigenvalue weighted by molar-refractivity contribution is -0.118. The third-order valence-electron chi connectivity index (χ3n) is 3.92. The first-order valence-electron chi connectivity index (χ1n) is 7.99. The monoisotopic (exact) mass is 336 g/mol. The van der Waals surface area contributed by atoms with Crippen LogP contribution in [-0.2, 0) is 4.79 Å². The Kier molecular flexibility index (Phi) is 4.79. The number of anilines is 1. The van der Waals surface area contributed by atoms with E-state index in [2.05, 4.69) is 15.5 Å². The summed E-state index contributed by atoms with van der Waals surface area (Å²) in [6.07, 6.45) is 3.19. The molecule has 25 heavy (non-hydrogen) atoms. The Balaban J connectivity index is 1.73. The molecule has 1 aromatic heterocycles. The maximum Gasteiger partial charge on any atom is 0.262 e. The molecule has 0 unspecified atom stereocenters. The number of carbonyl (C=O) groups excluding carboxylic acids is 1. The van der Waals surface area contributed by atoms with Gasteiger partial charge in [0.25, 0.3) is 5.91 Å². The number of aryl methyl sites for hydroxylation is 3. The van der Waals surface area contributed by atoms with Crippen LogP contribution in [0.1, 0.15) is 16.7 Å². The largest absolute Gasteiger partial charge is 0.482 e. The number of nitrogens with one attached hydrogen (secondary N) is 1. The molecule has 0 aliphatic heterocycles. The summed E-state index contributed by atoms with van der Waals surface area (Å²) in [4.78, 5) is 12.3. The van der Waals surface area contributed by atoms with Gasteiger partial charge in [-0.2, -0.15) is 0 Å². The molecule has 128 valence electrons. The Morgan fingerprint density at radius 2 is 1.76 bits per heavy atom. The van der Waals surface area contributed by atoms with Crippen LogP contribution in [0.15, 0.2) is 49.1 Å². The maximum absolute atomic E-state index is 12.3. The third-order valence-corrected chi connectivity index (χ3v) is 3.92. The number of hydrogen-bond donors (Lipinski definition) is 1. The summed E-state index contributed by atoms with van der Waals surface area (Å²) in [7, 11) is 0. The van der Waals surface area contributed by atoms with E-state index in [1.165, 1.54) is 0 Å². The minimum Gasteiger partial charge on any atom is -0.482 e. The molecule has 0 saturated heterocycles. The van der Waals surface area contributed by atoms with Crippen LogP contribution in [0.5, 0.6) is 5.75 Å². The van der Waals surface area contributed by atoms with Crippen LogP contribution in [0, 0.1) is 20.8 Å². The summed E-state index contributed by atoms with van der Waals surface area (Å²) >= 11 is 0. The molecule has 0 fully saturated rings. The SMILES string of the molecule is Cc1ccc(OCC(=O)Nc2c(C)cccc2C)c(-n2cnnc2)c1. The van der Waals surface area contributed by atoms with Crippen LogP contribution in [0.4, 0.5) is 5.69 Å². The number of para-hydroxylation sites is 1. The first kappa shape index (κ1) is 16.7. The van der Waals surface area contributed by atoms with E-state index in [1.807, 2.05) is 57.2 Å². The maximum atomic E-state index is 12.3. The molecule has 1 N–H and O–H groups in total. The average molecular weight is 336 g/mol. The van der Waals surface area contributed by atoms with Crippen molar-refractivity contribution in [1.82, 2.24) is 14.8 Å². The summed E-state index contributed by atoms with van der Waals surface area (Å²) in [6, 6.07) is 11.6. The van der Waals surface area contributed by atoms with Gasteiger partial charge in [0.05, 0.1) is 5.69 Å². The minimum atomic E-state index is -0.201. The van der Waals surface area contributed by atoms with Crippen molar-refractivity contribution in [1.29, 1.82) is 0 Å². The summed E-state index contributed by atoms with van der Waals surface area (Å²) in [5, 5.41) is 10.6. The van der Waals surface area contributed by atoms with Crippen molar-refractivity contribution in [2.75, 3.05) is 11.9 Å². The van der Waals surface area contributed by atoms with Crippen molar-refractivity contribution in [3.05, 3.63) is 65.7 Å². The Labute approximate surface area is 146 Å². The topological polar surface area (TPSA) is 69.0 Å². The van der Waals surface area contributed by atoms with Crippen LogP contribution >= 0.6 is 0 Å². The van der Waals surface area contributed by atoms with Crippen molar-refractivity contribution < 1.29 is 9.53 Å². The summed E-state index contributed by atoms with van der Waals surface area (Å²) < 4.78 is 7.50. The highest BCUT2D eigenvalue weighted by atomic mass is 16.5. The zero-order valence-corrected chi connectivity index (χ0v) is 14.5. The fourth-order valence-electron chi connectivity index (χ4n) is 2.61. The molecule has 1 heterocycles. The fraction of sp³-hybridized carbons (Fsp3) is 0.211. The van der Waals surface area contributed by atoms with Crippen molar-refractivity contribution in [2.45, 2.75) is 20.8 Å². The first-order valence-corrected chi connectivity index (χ1v) is 7.99. The van der Waals surface area contributed by atoms with E-state index in [0.29, 0.717) is 5.75 Å². The van der Waals surface area contributed by atoms with Gasteiger partial charge in [-0.3, -0.25) is 9.36 Å². The molecule has 0 spiro atoms. The van der Waals surface area contributed by atoms with Crippen molar-refractivity contribution in [2.24, 2.45) is 0 Å². The molecule has 0 saturated carbocycles. The molecule has 3 aromatic rings. The van der Waals surface area contributed by atoms with Gasteiger partial charge in [0.2, 0.25) is 0 Å². The van der Waals surface area contributed by atoms with Crippen molar-refractivity contribution >= 4 is 11.6 Å². The van der Waals surface area contributed by atoms with Gasteiger partial charge in [-0.05, 0) is 49.6 Å². The van der Waals surface area contributed by atoms with Gasteiger partial charge in [-0.15, -0.1) is 10.2 Å². The number of rotatable bonds is 5. The lowest BCUT2D eigenvalue weighted by atomic mass is 10.1. The lowest BCUT2D eigenvalue weighted by Crippen LogP contribution is -2.21. The highest BCUT2D eigenvalue weighted by molar-refractivity contribution is 5.93. The van der Waals surface area contributed by atoms with E-state index in [9.17, 15) is 4.79 Å². The van der Waals surface area contributed by atoms with Gasteiger partial charge in [0.1, 0.15) is 18.4 Å². The van der Waals surface area contributed by atoms with E-state index in [-0.39, 0.29) is 12.5 Å². The Morgan fingerprint density at radius 3 is 2.44 bits per heavy atom. The zero-order chi connectivity index (χ0) is 17.8. The standard InChI is InChI=1S/C19H20N4O2/c1-13-7-8-17(16(9-13)23-11-20-21-12-23)25-10-18(24)22-19-14(2)5-4-6-15(19)3/h4-9,11-12H,10H2,1-3H3,(H,22,24). The molecular weight excluding hydrogens is 316 g/mol. The Hall–Kier alpha value is -3.15. The van der Waals surface area contributed by atoms with E-state index in [0.717, 1.165) is 28.1 Å². The van der Waals surface area contributed by atoms with Crippen LogP contribution in [0.2, 0.25) is 0 Å². The number of amides is 1. The van der Waals surface area contributed by atoms with Gasteiger partial charge >= 0.3 is 0 Å². The van der Waals surface area contributed by atoms with Gasteiger partial charge in [-0.25, -0.2) is 0 Å². The number of benzene rings is 2.